The number of hydrogen-bond acceptors (Lipinski definition) is 5. The largest absolute Gasteiger partial charge is 0.383 e. The molecule has 176 valence electrons. The number of fused-ring (bicyclic) bond motifs is 1. The van der Waals surface area contributed by atoms with E-state index in [1.54, 1.807) is 55.7 Å². The molecule has 0 aliphatic carbocycles. The summed E-state index contributed by atoms with van der Waals surface area (Å²) in [5.41, 5.74) is 8.73. The van der Waals surface area contributed by atoms with Crippen LogP contribution in [0.3, 0.4) is 0 Å². The molecule has 0 bridgehead atoms. The molecule has 7 nitrogen and oxygen atoms in total. The monoisotopic (exact) mass is 458 g/mol. The quantitative estimate of drug-likeness (QED) is 0.356. The van der Waals surface area contributed by atoms with Crippen molar-refractivity contribution in [3.05, 3.63) is 84.2 Å². The lowest BCUT2D eigenvalue weighted by atomic mass is 9.87. The molecule has 7 heteroatoms. The number of aliphatic hydroxyl groups excluding tert-OH is 1. The third kappa shape index (κ3) is 5.88. The third-order valence-corrected chi connectivity index (χ3v) is 5.49. The van der Waals surface area contributed by atoms with Gasteiger partial charge in [0.15, 0.2) is 6.10 Å². The van der Waals surface area contributed by atoms with Crippen LogP contribution in [0.15, 0.2) is 78.7 Å². The summed E-state index contributed by atoms with van der Waals surface area (Å²) in [6.45, 7) is 8.02. The second kappa shape index (κ2) is 10.3. The summed E-state index contributed by atoms with van der Waals surface area (Å²) in [5.74, 6) is -0.149. The number of rotatable bonds is 7. The van der Waals surface area contributed by atoms with E-state index in [0.29, 0.717) is 23.5 Å². The van der Waals surface area contributed by atoms with Gasteiger partial charge in [-0.2, -0.15) is 0 Å². The molecule has 2 amide bonds. The van der Waals surface area contributed by atoms with Gasteiger partial charge in [-0.3, -0.25) is 14.5 Å². The number of carbonyl (C=O) groups excluding carboxylic acids is 2. The van der Waals surface area contributed by atoms with Gasteiger partial charge in [0.25, 0.3) is 5.91 Å². The van der Waals surface area contributed by atoms with Crippen molar-refractivity contribution in [2.24, 2.45) is 0 Å². The van der Waals surface area contributed by atoms with E-state index in [-0.39, 0.29) is 5.41 Å². The highest BCUT2D eigenvalue weighted by Crippen LogP contribution is 2.25. The zero-order chi connectivity index (χ0) is 24.9. The van der Waals surface area contributed by atoms with Gasteiger partial charge in [0.1, 0.15) is 5.82 Å². The molecule has 0 aliphatic heterocycles. The van der Waals surface area contributed by atoms with E-state index in [1.807, 2.05) is 24.3 Å². The number of aliphatic hydroxyl groups is 1. The number of carbonyl (C=O) groups is 2. The number of anilines is 3. The molecular weight excluding hydrogens is 428 g/mol. The zero-order valence-electron chi connectivity index (χ0n) is 19.8. The molecule has 0 spiro atoms. The number of aromatic nitrogens is 1. The molecule has 2 aromatic carbocycles. The normalized spacial score (nSPS) is 13.1. The molecular formula is C27H30N4O3. The number of nitrogens with zero attached hydrogens (tertiary/aromatic N) is 2. The predicted molar refractivity (Wildman–Crippen MR) is 137 cm³/mol. The molecule has 1 heterocycles. The summed E-state index contributed by atoms with van der Waals surface area (Å²) in [6.07, 6.45) is 5.74. The fraction of sp³-hybridized carbons (Fsp3) is 0.222. The minimum absolute atomic E-state index is 0.0222. The Kier molecular flexibility index (Phi) is 7.48. The molecule has 0 saturated heterocycles. The van der Waals surface area contributed by atoms with Gasteiger partial charge in [0, 0.05) is 29.2 Å². The molecule has 0 radical (unpaired) electrons. The van der Waals surface area contributed by atoms with Crippen molar-refractivity contribution < 1.29 is 14.7 Å². The van der Waals surface area contributed by atoms with Crippen molar-refractivity contribution >= 4 is 40.3 Å². The van der Waals surface area contributed by atoms with Gasteiger partial charge in [0.2, 0.25) is 6.41 Å². The number of hydrogen-bond donors (Lipinski definition) is 3. The molecule has 4 N–H and O–H groups in total. The van der Waals surface area contributed by atoms with Crippen molar-refractivity contribution in [2.45, 2.75) is 39.2 Å². The van der Waals surface area contributed by atoms with Crippen LogP contribution >= 0.6 is 0 Å². The topological polar surface area (TPSA) is 109 Å². The van der Waals surface area contributed by atoms with Crippen molar-refractivity contribution in [3.63, 3.8) is 0 Å². The average molecular weight is 459 g/mol. The van der Waals surface area contributed by atoms with Crippen molar-refractivity contribution in [1.29, 1.82) is 0 Å². The minimum atomic E-state index is -1.35. The number of nitrogen functional groups attached to an aromatic ring is 1. The zero-order valence-corrected chi connectivity index (χ0v) is 19.8. The highest BCUT2D eigenvalue weighted by Gasteiger charge is 2.17. The molecule has 0 saturated carbocycles. The Morgan fingerprint density at radius 3 is 2.50 bits per heavy atom. The Bertz CT molecular complexity index is 1240. The standard InChI is InChI=1S/C27H30N4O3/c1-18(6-5-15-31(17-32)22-10-7-20(8-11-22)27(2,3)4)24(33)26(34)30-21-9-12-23-19(16-21)13-14-29-25(23)28/h5-17,24,33H,1-4H3,(H2,28,29)(H,30,34)/b15-5-,18-6+. The fourth-order valence-electron chi connectivity index (χ4n) is 3.39. The molecule has 1 aromatic heterocycles. The number of amides is 2. The van der Waals surface area contributed by atoms with Crippen LogP contribution in [0.4, 0.5) is 17.2 Å². The van der Waals surface area contributed by atoms with Gasteiger partial charge in [0.05, 0.1) is 0 Å². The molecule has 0 fully saturated rings. The fourth-order valence-corrected chi connectivity index (χ4v) is 3.39. The molecule has 3 rings (SSSR count). The predicted octanol–water partition coefficient (Wildman–Crippen LogP) is 4.54. The Morgan fingerprint density at radius 2 is 1.85 bits per heavy atom. The van der Waals surface area contributed by atoms with Crippen LogP contribution in [0, 0.1) is 0 Å². The first-order valence-corrected chi connectivity index (χ1v) is 10.9. The second-order valence-electron chi connectivity index (χ2n) is 9.09. The Labute approximate surface area is 199 Å². The maximum Gasteiger partial charge on any atom is 0.257 e. The summed E-state index contributed by atoms with van der Waals surface area (Å²) in [6, 6.07) is 14.8. The molecule has 0 aliphatic rings. The van der Waals surface area contributed by atoms with Crippen LogP contribution < -0.4 is 16.0 Å². The van der Waals surface area contributed by atoms with E-state index < -0.39 is 12.0 Å². The number of nitrogens with one attached hydrogen (secondary N) is 1. The lowest BCUT2D eigenvalue weighted by Crippen LogP contribution is -2.28. The maximum absolute atomic E-state index is 12.5. The van der Waals surface area contributed by atoms with Gasteiger partial charge in [-0.05, 0) is 71.3 Å². The third-order valence-electron chi connectivity index (χ3n) is 5.49. The van der Waals surface area contributed by atoms with E-state index in [1.165, 1.54) is 10.5 Å². The molecule has 1 atom stereocenters. The first-order valence-electron chi connectivity index (χ1n) is 10.9. The number of allylic oxidation sites excluding steroid dienone is 2. The summed E-state index contributed by atoms with van der Waals surface area (Å²) >= 11 is 0. The van der Waals surface area contributed by atoms with Crippen LogP contribution in [-0.4, -0.2) is 28.5 Å². The van der Waals surface area contributed by atoms with Crippen LogP contribution in [0.1, 0.15) is 33.3 Å². The summed E-state index contributed by atoms with van der Waals surface area (Å²) in [4.78, 5) is 29.5. The van der Waals surface area contributed by atoms with Crippen LogP contribution in [0.25, 0.3) is 10.8 Å². The van der Waals surface area contributed by atoms with Gasteiger partial charge in [-0.25, -0.2) is 4.98 Å². The van der Waals surface area contributed by atoms with Gasteiger partial charge < -0.3 is 16.2 Å². The van der Waals surface area contributed by atoms with E-state index in [0.717, 1.165) is 16.5 Å². The lowest BCUT2D eigenvalue weighted by molar-refractivity contribution is -0.122. The van der Waals surface area contributed by atoms with E-state index in [2.05, 4.69) is 31.1 Å². The van der Waals surface area contributed by atoms with Crippen molar-refractivity contribution in [2.75, 3.05) is 16.0 Å². The van der Waals surface area contributed by atoms with Gasteiger partial charge in [-0.15, -0.1) is 0 Å². The second-order valence-corrected chi connectivity index (χ2v) is 9.09. The molecule has 1 unspecified atom stereocenters. The molecule has 3 aromatic rings. The lowest BCUT2D eigenvalue weighted by Gasteiger charge is -2.20. The number of nitrogens with two attached hydrogens (primary N) is 1. The highest BCUT2D eigenvalue weighted by molar-refractivity contribution is 5.99. The van der Waals surface area contributed by atoms with Crippen LogP contribution in [0.2, 0.25) is 0 Å². The van der Waals surface area contributed by atoms with Crippen LogP contribution in [-0.2, 0) is 15.0 Å². The van der Waals surface area contributed by atoms with Gasteiger partial charge >= 0.3 is 0 Å². The summed E-state index contributed by atoms with van der Waals surface area (Å²) < 4.78 is 0. The van der Waals surface area contributed by atoms with E-state index in [4.69, 9.17) is 5.73 Å². The molecule has 34 heavy (non-hydrogen) atoms. The smallest absolute Gasteiger partial charge is 0.257 e. The van der Waals surface area contributed by atoms with Gasteiger partial charge in [-0.1, -0.05) is 39.0 Å². The minimum Gasteiger partial charge on any atom is -0.383 e. The van der Waals surface area contributed by atoms with Crippen molar-refractivity contribution in [3.8, 4) is 0 Å². The van der Waals surface area contributed by atoms with E-state index in [9.17, 15) is 14.7 Å². The summed E-state index contributed by atoms with van der Waals surface area (Å²) in [7, 11) is 0. The maximum atomic E-state index is 12.5. The highest BCUT2D eigenvalue weighted by atomic mass is 16.3. The Hall–Kier alpha value is -3.97. The van der Waals surface area contributed by atoms with Crippen LogP contribution in [0.5, 0.6) is 0 Å². The number of pyridine rings is 1. The SMILES string of the molecule is C/C(=C\C=C/N(C=O)c1ccc(C(C)(C)C)cc1)C(O)C(=O)Nc1ccc2c(N)nccc2c1. The van der Waals surface area contributed by atoms with E-state index >= 15 is 0 Å². The summed E-state index contributed by atoms with van der Waals surface area (Å²) in [5, 5.41) is 14.7. The first-order chi connectivity index (χ1) is 16.1. The number of benzene rings is 2. The van der Waals surface area contributed by atoms with Crippen molar-refractivity contribution in [1.82, 2.24) is 4.98 Å². The first kappa shape index (κ1) is 24.7. The average Bonchev–Trinajstić information content (AvgIpc) is 2.81. The Balaban J connectivity index is 1.66. The Morgan fingerprint density at radius 1 is 1.15 bits per heavy atom.